The molecule has 130 valence electrons. The number of fused-ring (bicyclic) bond motifs is 1. The van der Waals surface area contributed by atoms with Gasteiger partial charge in [0.2, 0.25) is 5.91 Å². The van der Waals surface area contributed by atoms with Gasteiger partial charge >= 0.3 is 12.0 Å². The number of carbonyl (C=O) groups is 2. The summed E-state index contributed by atoms with van der Waals surface area (Å²) in [7, 11) is 5.60. The minimum Gasteiger partial charge on any atom is -0.478 e. The monoisotopic (exact) mass is 334 g/mol. The Labute approximate surface area is 139 Å². The first-order valence-electron chi connectivity index (χ1n) is 7.54. The van der Waals surface area contributed by atoms with Crippen molar-refractivity contribution in [3.05, 3.63) is 23.8 Å². The third-order valence-corrected chi connectivity index (χ3v) is 3.97. The molecule has 0 radical (unpaired) electrons. The van der Waals surface area contributed by atoms with Gasteiger partial charge in [-0.3, -0.25) is 10.1 Å². The van der Waals surface area contributed by atoms with Crippen molar-refractivity contribution in [3.63, 3.8) is 0 Å². The van der Waals surface area contributed by atoms with E-state index in [1.54, 1.807) is 14.0 Å². The molecule has 8 nitrogen and oxygen atoms in total. The summed E-state index contributed by atoms with van der Waals surface area (Å²) >= 11 is 0. The van der Waals surface area contributed by atoms with Gasteiger partial charge in [-0.15, -0.1) is 0 Å². The van der Waals surface area contributed by atoms with Gasteiger partial charge in [0, 0.05) is 0 Å². The zero-order valence-corrected chi connectivity index (χ0v) is 14.2. The molecule has 0 aliphatic heterocycles. The van der Waals surface area contributed by atoms with E-state index >= 15 is 0 Å². The molecule has 0 bridgehead atoms. The summed E-state index contributed by atoms with van der Waals surface area (Å²) in [6.45, 7) is 2.54. The maximum absolute atomic E-state index is 12.5. The molecule has 0 fully saturated rings. The molecule has 2 rings (SSSR count). The lowest BCUT2D eigenvalue weighted by Gasteiger charge is -2.28. The first-order chi connectivity index (χ1) is 11.2. The van der Waals surface area contributed by atoms with Gasteiger partial charge in [0.05, 0.1) is 11.1 Å². The van der Waals surface area contributed by atoms with Gasteiger partial charge in [-0.25, -0.2) is 4.79 Å². The van der Waals surface area contributed by atoms with Crippen LogP contribution in [0.2, 0.25) is 0 Å². The van der Waals surface area contributed by atoms with Crippen LogP contribution in [0.4, 0.5) is 6.01 Å². The predicted octanol–water partition coefficient (Wildman–Crippen LogP) is 1.39. The lowest BCUT2D eigenvalue weighted by Crippen LogP contribution is -2.52. The molecule has 8 heteroatoms. The fraction of sp³-hybridized carbons (Fsp3) is 0.438. The maximum Gasteiger partial charge on any atom is 0.335 e. The Balaban J connectivity index is 2.18. The minimum absolute atomic E-state index is 0.0452. The standard InChI is InChI=1S/C16H22N4O4/c1-16(17-2,7-8-20(3)4)14(23)19-15-18-11-9-10(13(21)22)5-6-12(11)24-15/h5-6,9,17H,7-8H2,1-4H3,(H,21,22)(H,18,19,23). The molecule has 0 spiro atoms. The highest BCUT2D eigenvalue weighted by Gasteiger charge is 2.32. The van der Waals surface area contributed by atoms with Crippen LogP contribution in [0.3, 0.4) is 0 Å². The number of carbonyl (C=O) groups excluding carboxylic acids is 1. The van der Waals surface area contributed by atoms with Crippen molar-refractivity contribution in [1.29, 1.82) is 0 Å². The van der Waals surface area contributed by atoms with E-state index in [0.717, 1.165) is 6.54 Å². The number of amides is 1. The topological polar surface area (TPSA) is 108 Å². The Hall–Kier alpha value is -2.45. The van der Waals surface area contributed by atoms with E-state index in [1.165, 1.54) is 18.2 Å². The van der Waals surface area contributed by atoms with E-state index in [1.807, 2.05) is 19.0 Å². The summed E-state index contributed by atoms with van der Waals surface area (Å²) in [4.78, 5) is 29.7. The van der Waals surface area contributed by atoms with E-state index < -0.39 is 11.5 Å². The number of anilines is 1. The number of hydrogen-bond acceptors (Lipinski definition) is 6. The highest BCUT2D eigenvalue weighted by atomic mass is 16.4. The zero-order chi connectivity index (χ0) is 17.9. The van der Waals surface area contributed by atoms with Crippen LogP contribution in [0.5, 0.6) is 0 Å². The smallest absolute Gasteiger partial charge is 0.335 e. The average molecular weight is 334 g/mol. The van der Waals surface area contributed by atoms with Crippen LogP contribution in [-0.4, -0.2) is 60.1 Å². The van der Waals surface area contributed by atoms with Gasteiger partial charge in [0.15, 0.2) is 5.58 Å². The zero-order valence-electron chi connectivity index (χ0n) is 14.2. The fourth-order valence-electron chi connectivity index (χ4n) is 2.15. The van der Waals surface area contributed by atoms with Crippen LogP contribution in [0.1, 0.15) is 23.7 Å². The molecule has 1 atom stereocenters. The van der Waals surface area contributed by atoms with Crippen molar-refractivity contribution in [2.45, 2.75) is 18.9 Å². The second kappa shape index (κ2) is 6.98. The second-order valence-electron chi connectivity index (χ2n) is 6.10. The summed E-state index contributed by atoms with van der Waals surface area (Å²) in [5.74, 6) is -1.31. The number of nitrogens with zero attached hydrogens (tertiary/aromatic N) is 2. The van der Waals surface area contributed by atoms with Gasteiger partial charge in [-0.1, -0.05) is 0 Å². The molecule has 24 heavy (non-hydrogen) atoms. The first-order valence-corrected chi connectivity index (χ1v) is 7.54. The normalized spacial score (nSPS) is 13.9. The van der Waals surface area contributed by atoms with Crippen LogP contribution < -0.4 is 10.6 Å². The molecule has 0 aliphatic carbocycles. The Bertz CT molecular complexity index is 756. The quantitative estimate of drug-likeness (QED) is 0.702. The lowest BCUT2D eigenvalue weighted by atomic mass is 9.96. The van der Waals surface area contributed by atoms with Crippen LogP contribution in [0.25, 0.3) is 11.1 Å². The number of rotatable bonds is 7. The SMILES string of the molecule is CNC(C)(CCN(C)C)C(=O)Nc1nc2cc(C(=O)O)ccc2o1. The summed E-state index contributed by atoms with van der Waals surface area (Å²) in [6, 6.07) is 4.39. The molecule has 1 aromatic heterocycles. The third kappa shape index (κ3) is 3.90. The Kier molecular flexibility index (Phi) is 5.20. The lowest BCUT2D eigenvalue weighted by molar-refractivity contribution is -0.122. The summed E-state index contributed by atoms with van der Waals surface area (Å²) in [5, 5.41) is 14.7. The van der Waals surface area contributed by atoms with Gasteiger partial charge in [-0.2, -0.15) is 4.98 Å². The molecule has 0 saturated carbocycles. The van der Waals surface area contributed by atoms with E-state index in [-0.39, 0.29) is 17.5 Å². The number of aromatic carboxylic acids is 1. The molecule has 0 aliphatic rings. The molecule has 0 saturated heterocycles. The summed E-state index contributed by atoms with van der Waals surface area (Å²) in [5.41, 5.74) is 0.121. The van der Waals surface area contributed by atoms with Crippen molar-refractivity contribution >= 4 is 29.0 Å². The highest BCUT2D eigenvalue weighted by molar-refractivity contribution is 5.97. The number of aromatic nitrogens is 1. The van der Waals surface area contributed by atoms with E-state index in [4.69, 9.17) is 9.52 Å². The van der Waals surface area contributed by atoms with E-state index in [9.17, 15) is 9.59 Å². The number of likely N-dealkylation sites (N-methyl/N-ethyl adjacent to an activating group) is 1. The van der Waals surface area contributed by atoms with E-state index in [0.29, 0.717) is 17.5 Å². The second-order valence-corrected chi connectivity index (χ2v) is 6.10. The number of carboxylic acids is 1. The van der Waals surface area contributed by atoms with Gasteiger partial charge < -0.3 is 19.7 Å². The van der Waals surface area contributed by atoms with Crippen molar-refractivity contribution in [1.82, 2.24) is 15.2 Å². The Morgan fingerprint density at radius 3 is 2.67 bits per heavy atom. The van der Waals surface area contributed by atoms with Gasteiger partial charge in [-0.05, 0) is 59.2 Å². The van der Waals surface area contributed by atoms with Gasteiger partial charge in [0.25, 0.3) is 0 Å². The van der Waals surface area contributed by atoms with Crippen LogP contribution >= 0.6 is 0 Å². The third-order valence-electron chi connectivity index (χ3n) is 3.97. The van der Waals surface area contributed by atoms with E-state index in [2.05, 4.69) is 15.6 Å². The maximum atomic E-state index is 12.5. The van der Waals surface area contributed by atoms with Crippen LogP contribution in [-0.2, 0) is 4.79 Å². The Morgan fingerprint density at radius 1 is 1.38 bits per heavy atom. The highest BCUT2D eigenvalue weighted by Crippen LogP contribution is 2.21. The van der Waals surface area contributed by atoms with Crippen molar-refractivity contribution in [3.8, 4) is 0 Å². The minimum atomic E-state index is -1.04. The molecule has 1 heterocycles. The molecule has 3 N–H and O–H groups in total. The van der Waals surface area contributed by atoms with Crippen molar-refractivity contribution in [2.75, 3.05) is 33.0 Å². The number of benzene rings is 1. The van der Waals surface area contributed by atoms with Crippen LogP contribution in [0, 0.1) is 0 Å². The number of carboxylic acid groups (broad SMARTS) is 1. The summed E-state index contributed by atoms with van der Waals surface area (Å²) < 4.78 is 5.46. The predicted molar refractivity (Wildman–Crippen MR) is 90.2 cm³/mol. The number of oxazole rings is 1. The molecular weight excluding hydrogens is 312 g/mol. The first kappa shape index (κ1) is 17.9. The summed E-state index contributed by atoms with van der Waals surface area (Å²) in [6.07, 6.45) is 0.603. The number of nitrogens with one attached hydrogen (secondary N) is 2. The van der Waals surface area contributed by atoms with Crippen LogP contribution in [0.15, 0.2) is 22.6 Å². The fourth-order valence-corrected chi connectivity index (χ4v) is 2.15. The van der Waals surface area contributed by atoms with Gasteiger partial charge in [0.1, 0.15) is 5.52 Å². The molecule has 2 aromatic rings. The van der Waals surface area contributed by atoms with Crippen molar-refractivity contribution < 1.29 is 19.1 Å². The molecule has 1 aromatic carbocycles. The van der Waals surface area contributed by atoms with Crippen molar-refractivity contribution in [2.24, 2.45) is 0 Å². The Morgan fingerprint density at radius 2 is 2.08 bits per heavy atom. The molecule has 1 amide bonds. The molecular formula is C16H22N4O4. The average Bonchev–Trinajstić information content (AvgIpc) is 2.93. The number of hydrogen-bond donors (Lipinski definition) is 3. The molecule has 1 unspecified atom stereocenters. The largest absolute Gasteiger partial charge is 0.478 e.